The van der Waals surface area contributed by atoms with Gasteiger partial charge in [-0.1, -0.05) is 0 Å². The van der Waals surface area contributed by atoms with E-state index in [0.29, 0.717) is 0 Å². The van der Waals surface area contributed by atoms with E-state index in [1.54, 1.807) is 0 Å². The molecular formula is C12H22O11. The third-order valence-electron chi connectivity index (χ3n) is 3.80. The summed E-state index contributed by atoms with van der Waals surface area (Å²) in [5, 5.41) is 85.9. The zero-order valence-electron chi connectivity index (χ0n) is 11.9. The maximum Gasteiger partial charge on any atom is 0.151 e. The van der Waals surface area contributed by atoms with Crippen LogP contribution in [0.25, 0.3) is 0 Å². The summed E-state index contributed by atoms with van der Waals surface area (Å²) in [5.41, 5.74) is 0. The van der Waals surface area contributed by atoms with E-state index in [0.717, 1.165) is 0 Å². The van der Waals surface area contributed by atoms with E-state index in [-0.39, 0.29) is 6.29 Å². The van der Waals surface area contributed by atoms with Gasteiger partial charge in [0.25, 0.3) is 0 Å². The van der Waals surface area contributed by atoms with Crippen LogP contribution in [-0.2, 0) is 9.53 Å². The molecule has 1 saturated heterocycles. The molecule has 0 amide bonds. The fourth-order valence-electron chi connectivity index (χ4n) is 2.29. The molecule has 0 bridgehead atoms. The highest BCUT2D eigenvalue weighted by Crippen LogP contribution is 2.25. The van der Waals surface area contributed by atoms with Crippen LogP contribution in [0.5, 0.6) is 0 Å². The summed E-state index contributed by atoms with van der Waals surface area (Å²) >= 11 is 0. The number of carbonyl (C=O) groups excluding carboxylic acids is 1. The molecule has 0 aromatic carbocycles. The molecular weight excluding hydrogens is 320 g/mol. The van der Waals surface area contributed by atoms with Crippen molar-refractivity contribution in [3.63, 3.8) is 0 Å². The van der Waals surface area contributed by atoms with Crippen LogP contribution >= 0.6 is 0 Å². The number of aliphatic hydroxyl groups is 9. The van der Waals surface area contributed by atoms with Crippen LogP contribution in [0, 0.1) is 0 Å². The minimum absolute atomic E-state index is 0.0964. The Morgan fingerprint density at radius 3 is 1.91 bits per heavy atom. The van der Waals surface area contributed by atoms with Gasteiger partial charge in [0, 0.05) is 0 Å². The highest BCUT2D eigenvalue weighted by molar-refractivity contribution is 5.56. The summed E-state index contributed by atoms with van der Waals surface area (Å²) in [6, 6.07) is 0. The van der Waals surface area contributed by atoms with Crippen molar-refractivity contribution in [1.29, 1.82) is 0 Å². The normalized spacial score (nSPS) is 38.4. The van der Waals surface area contributed by atoms with E-state index in [4.69, 9.17) is 14.9 Å². The van der Waals surface area contributed by atoms with Crippen molar-refractivity contribution in [2.24, 2.45) is 0 Å². The Bertz CT molecular complexity index is 378. The molecule has 1 aliphatic rings. The van der Waals surface area contributed by atoms with Gasteiger partial charge in [0.2, 0.25) is 0 Å². The highest BCUT2D eigenvalue weighted by Gasteiger charge is 2.49. The minimum atomic E-state index is -2.18. The predicted octanol–water partition coefficient (Wildman–Crippen LogP) is -6.17. The van der Waals surface area contributed by atoms with Gasteiger partial charge >= 0.3 is 0 Å². The van der Waals surface area contributed by atoms with E-state index >= 15 is 0 Å². The second-order valence-electron chi connectivity index (χ2n) is 5.38. The molecule has 0 aliphatic carbocycles. The zero-order chi connectivity index (χ0) is 17.9. The Morgan fingerprint density at radius 2 is 1.43 bits per heavy atom. The fourth-order valence-corrected chi connectivity index (χ4v) is 2.29. The first-order valence-corrected chi connectivity index (χ1v) is 6.83. The summed E-state index contributed by atoms with van der Waals surface area (Å²) in [4.78, 5) is 10.3. The molecule has 1 rings (SSSR count). The number of hydrogen-bond acceptors (Lipinski definition) is 11. The van der Waals surface area contributed by atoms with E-state index in [1.807, 2.05) is 0 Å². The molecule has 136 valence electrons. The van der Waals surface area contributed by atoms with Gasteiger partial charge in [-0.05, 0) is 0 Å². The monoisotopic (exact) mass is 342 g/mol. The molecule has 0 radical (unpaired) electrons. The van der Waals surface area contributed by atoms with Crippen LogP contribution in [0.4, 0.5) is 0 Å². The van der Waals surface area contributed by atoms with Gasteiger partial charge in [-0.25, -0.2) is 0 Å². The third kappa shape index (κ3) is 4.22. The lowest BCUT2D eigenvalue weighted by molar-refractivity contribution is -0.264. The first-order valence-electron chi connectivity index (χ1n) is 6.83. The smallest absolute Gasteiger partial charge is 0.151 e. The molecule has 11 nitrogen and oxygen atoms in total. The second-order valence-corrected chi connectivity index (χ2v) is 5.38. The summed E-state index contributed by atoms with van der Waals surface area (Å²) in [6.07, 6.45) is -19.1. The lowest BCUT2D eigenvalue weighted by Gasteiger charge is -2.43. The maximum absolute atomic E-state index is 10.3. The maximum atomic E-state index is 10.3. The predicted molar refractivity (Wildman–Crippen MR) is 69.9 cm³/mol. The molecule has 1 heterocycles. The number of aldehydes is 1. The molecule has 0 spiro atoms. The first-order chi connectivity index (χ1) is 10.7. The van der Waals surface area contributed by atoms with E-state index in [9.17, 15) is 40.5 Å². The Morgan fingerprint density at radius 1 is 0.870 bits per heavy atom. The highest BCUT2D eigenvalue weighted by atomic mass is 16.6. The Balaban J connectivity index is 2.85. The quantitative estimate of drug-likeness (QED) is 0.199. The minimum Gasteiger partial charge on any atom is -0.394 e. The van der Waals surface area contributed by atoms with Gasteiger partial charge in [0.15, 0.2) is 6.29 Å². The van der Waals surface area contributed by atoms with Crippen molar-refractivity contribution in [3.8, 4) is 0 Å². The van der Waals surface area contributed by atoms with Crippen LogP contribution in [0.3, 0.4) is 0 Å². The van der Waals surface area contributed by atoms with Crippen molar-refractivity contribution >= 4 is 6.29 Å². The van der Waals surface area contributed by atoms with Gasteiger partial charge in [0.05, 0.1) is 6.61 Å². The largest absolute Gasteiger partial charge is 0.394 e. The van der Waals surface area contributed by atoms with Gasteiger partial charge in [-0.2, -0.15) is 0 Å². The Labute approximate surface area is 130 Å². The van der Waals surface area contributed by atoms with Gasteiger partial charge in [-0.15, -0.1) is 0 Å². The third-order valence-corrected chi connectivity index (χ3v) is 3.80. The van der Waals surface area contributed by atoms with Crippen LogP contribution in [0.1, 0.15) is 0 Å². The topological polar surface area (TPSA) is 208 Å². The Hall–Kier alpha value is -0.730. The second kappa shape index (κ2) is 8.39. The molecule has 23 heavy (non-hydrogen) atoms. The van der Waals surface area contributed by atoms with Crippen molar-refractivity contribution in [2.75, 3.05) is 6.61 Å². The van der Waals surface area contributed by atoms with Crippen molar-refractivity contribution in [3.05, 3.63) is 0 Å². The average Bonchev–Trinajstić information content (AvgIpc) is 2.56. The lowest BCUT2D eigenvalue weighted by atomic mass is 9.88. The number of hydrogen-bond donors (Lipinski definition) is 9. The molecule has 0 saturated carbocycles. The molecule has 11 heteroatoms. The summed E-state index contributed by atoms with van der Waals surface area (Å²) in [5.74, 6) is 0. The Kier molecular flexibility index (Phi) is 7.41. The molecule has 1 fully saturated rings. The molecule has 0 aromatic rings. The molecule has 1 unspecified atom stereocenters. The summed E-state index contributed by atoms with van der Waals surface area (Å²) < 4.78 is 4.99. The molecule has 9 N–H and O–H groups in total. The van der Waals surface area contributed by atoms with E-state index in [1.165, 1.54) is 0 Å². The molecule has 0 aromatic heterocycles. The van der Waals surface area contributed by atoms with Crippen LogP contribution in [0.2, 0.25) is 0 Å². The van der Waals surface area contributed by atoms with E-state index in [2.05, 4.69) is 0 Å². The van der Waals surface area contributed by atoms with Gasteiger partial charge in [0.1, 0.15) is 61.0 Å². The molecule has 10 atom stereocenters. The van der Waals surface area contributed by atoms with Crippen molar-refractivity contribution in [1.82, 2.24) is 0 Å². The van der Waals surface area contributed by atoms with Gasteiger partial charge in [-0.3, -0.25) is 0 Å². The van der Waals surface area contributed by atoms with Gasteiger partial charge < -0.3 is 55.5 Å². The number of carbonyl (C=O) groups is 1. The number of aliphatic hydroxyl groups excluding tert-OH is 9. The van der Waals surface area contributed by atoms with Crippen LogP contribution in [0.15, 0.2) is 0 Å². The fraction of sp³-hybridized carbons (Fsp3) is 0.917. The SMILES string of the molecule is O=C[C@H](O)[C@@H](O)[C@@H](O)[C@H](O)C(O)[C@@H]1O[C@H](CO)[C@H](O)[C@H](O)[C@H]1O. The van der Waals surface area contributed by atoms with Crippen LogP contribution in [-0.4, -0.2) is 120 Å². The summed E-state index contributed by atoms with van der Waals surface area (Å²) in [6.45, 7) is -0.765. The average molecular weight is 342 g/mol. The van der Waals surface area contributed by atoms with Crippen molar-refractivity contribution < 1.29 is 55.5 Å². The number of rotatable bonds is 7. The zero-order valence-corrected chi connectivity index (χ0v) is 11.9. The standard InChI is InChI=1S/C12H22O11/c13-1-3(15)5(16)7(18)9(20)11(22)12-10(21)8(19)6(17)4(2-14)23-12/h1,3-12,14-22H,2H2/t3-,4+,5+,6-,7+,8-,9-,10+,11?,12+/m0/s1. The first kappa shape index (κ1) is 20.3. The summed E-state index contributed by atoms with van der Waals surface area (Å²) in [7, 11) is 0. The lowest BCUT2D eigenvalue weighted by Crippen LogP contribution is -2.64. The van der Waals surface area contributed by atoms with E-state index < -0.39 is 67.6 Å². The van der Waals surface area contributed by atoms with Crippen LogP contribution < -0.4 is 0 Å². The number of ether oxygens (including phenoxy) is 1. The molecule has 1 aliphatic heterocycles. The van der Waals surface area contributed by atoms with Crippen molar-refractivity contribution in [2.45, 2.75) is 61.0 Å².